The number of fused-ring (bicyclic) bond motifs is 10. The second kappa shape index (κ2) is 11.7. The van der Waals surface area contributed by atoms with Crippen LogP contribution in [0.3, 0.4) is 0 Å². The molecule has 1 aliphatic carbocycles. The van der Waals surface area contributed by atoms with Crippen LogP contribution in [0.25, 0.3) is 56.4 Å². The van der Waals surface area contributed by atoms with Gasteiger partial charge < -0.3 is 9.22 Å². The molecule has 286 valence electrons. The van der Waals surface area contributed by atoms with Gasteiger partial charge in [-0.3, -0.25) is 0 Å². The molecule has 0 N–H and O–H groups in total. The lowest BCUT2D eigenvalue weighted by Crippen LogP contribution is -2.84. The first-order valence-electron chi connectivity index (χ1n) is 21.7. The maximum absolute atomic E-state index is 7.14. The molecule has 5 atom stereocenters. The molecule has 5 heteroatoms. The Bertz CT molecular complexity index is 3080. The van der Waals surface area contributed by atoms with Crippen LogP contribution >= 0.6 is 0 Å². The fraction of sp³-hybridized carbons (Fsp3) is 0.182. The van der Waals surface area contributed by atoms with E-state index in [1.807, 2.05) is 0 Å². The molecule has 60 heavy (non-hydrogen) atoms. The van der Waals surface area contributed by atoms with E-state index in [2.05, 4.69) is 170 Å². The van der Waals surface area contributed by atoms with Gasteiger partial charge in [0.25, 0.3) is 0 Å². The van der Waals surface area contributed by atoms with E-state index >= 15 is 0 Å². The van der Waals surface area contributed by atoms with Gasteiger partial charge in [0.05, 0.1) is 30.8 Å². The minimum absolute atomic E-state index is 0.175. The summed E-state index contributed by atoms with van der Waals surface area (Å²) in [6, 6.07) is 62.8. The molecule has 5 aliphatic heterocycles. The highest BCUT2D eigenvalue weighted by Crippen LogP contribution is 2.74. The molecule has 6 heterocycles. The van der Waals surface area contributed by atoms with E-state index in [0.29, 0.717) is 11.6 Å². The van der Waals surface area contributed by atoms with Crippen LogP contribution in [-0.4, -0.2) is 38.1 Å². The Kier molecular flexibility index (Phi) is 6.49. The second-order valence-electron chi connectivity index (χ2n) is 18.1. The average Bonchev–Trinajstić information content (AvgIpc) is 3.92. The Morgan fingerprint density at radius 2 is 1.00 bits per heavy atom. The van der Waals surface area contributed by atoms with Gasteiger partial charge >= 0.3 is 0 Å². The number of para-hydroxylation sites is 2. The molecule has 5 nitrogen and oxygen atoms in total. The molecular formula is C55H41N4O+. The quantitative estimate of drug-likeness (QED) is 0.163. The summed E-state index contributed by atoms with van der Waals surface area (Å²) in [6.07, 6.45) is 5.37. The van der Waals surface area contributed by atoms with E-state index in [4.69, 9.17) is 19.7 Å². The highest BCUT2D eigenvalue weighted by atomic mass is 16.5. The molecule has 0 amide bonds. The summed E-state index contributed by atoms with van der Waals surface area (Å²) in [5.41, 5.74) is 13.6. The minimum Gasteiger partial charge on any atom is -0.456 e. The Labute approximate surface area is 349 Å². The van der Waals surface area contributed by atoms with Crippen LogP contribution < -0.4 is 4.74 Å². The maximum atomic E-state index is 7.14. The first-order chi connectivity index (χ1) is 29.7. The molecule has 8 aromatic rings. The molecule has 0 radical (unpaired) electrons. The van der Waals surface area contributed by atoms with Crippen molar-refractivity contribution >= 4 is 0 Å². The van der Waals surface area contributed by atoms with Crippen LogP contribution in [0.15, 0.2) is 170 Å². The van der Waals surface area contributed by atoms with Gasteiger partial charge in [0.1, 0.15) is 23.1 Å². The summed E-state index contributed by atoms with van der Waals surface area (Å²) >= 11 is 0. The lowest BCUT2D eigenvalue weighted by atomic mass is 9.58. The van der Waals surface area contributed by atoms with E-state index < -0.39 is 5.41 Å². The summed E-state index contributed by atoms with van der Waals surface area (Å²) in [5, 5.41) is 0. The summed E-state index contributed by atoms with van der Waals surface area (Å²) < 4.78 is 8.46. The molecule has 2 spiro atoms. The third kappa shape index (κ3) is 3.99. The Morgan fingerprint density at radius 3 is 1.73 bits per heavy atom. The van der Waals surface area contributed by atoms with E-state index in [1.54, 1.807) is 0 Å². The highest BCUT2D eigenvalue weighted by Gasteiger charge is 2.83. The van der Waals surface area contributed by atoms with E-state index in [9.17, 15) is 0 Å². The van der Waals surface area contributed by atoms with Gasteiger partial charge in [0.2, 0.25) is 0 Å². The second-order valence-corrected chi connectivity index (χ2v) is 18.1. The van der Waals surface area contributed by atoms with Crippen LogP contribution in [0, 0.1) is 5.92 Å². The first-order valence-corrected chi connectivity index (χ1v) is 21.7. The van der Waals surface area contributed by atoms with Gasteiger partial charge in [-0.2, -0.15) is 0 Å². The predicted octanol–water partition coefficient (Wildman–Crippen LogP) is 12.0. The van der Waals surface area contributed by atoms with Crippen molar-refractivity contribution in [3.05, 3.63) is 198 Å². The molecular weight excluding hydrogens is 733 g/mol. The first kappa shape index (κ1) is 33.2. The number of hydrogen-bond donors (Lipinski definition) is 0. The van der Waals surface area contributed by atoms with E-state index in [1.165, 1.54) is 64.5 Å². The van der Waals surface area contributed by atoms with Crippen molar-refractivity contribution < 1.29 is 9.22 Å². The van der Waals surface area contributed by atoms with Gasteiger partial charge in [-0.05, 0) is 33.9 Å². The van der Waals surface area contributed by atoms with Crippen LogP contribution in [0.4, 0.5) is 0 Å². The SMILES string of the molecule is c1ccc(-c2nc(-c3ccccc3-c3cccc4c3Oc3ccccc3C43c4ccccc4-c4ccccc43)nc(-c3ccccc3C34CC5CC6C[C@@H](C3)C[N+]654)n2)cc1. The smallest absolute Gasteiger partial charge is 0.164 e. The number of nitrogens with zero attached hydrogens (tertiary/aromatic N) is 4. The van der Waals surface area contributed by atoms with E-state index in [0.717, 1.165) is 74.3 Å². The number of quaternary nitrogens is 1. The van der Waals surface area contributed by atoms with Crippen molar-refractivity contribution in [3.8, 4) is 67.9 Å². The number of ether oxygens (including phenoxy) is 1. The number of aromatic nitrogens is 3. The van der Waals surface area contributed by atoms with Crippen molar-refractivity contribution in [2.24, 2.45) is 5.92 Å². The normalized spacial score (nSPS) is 24.9. The summed E-state index contributed by atoms with van der Waals surface area (Å²) in [6.45, 7) is 1.35. The van der Waals surface area contributed by atoms with E-state index in [-0.39, 0.29) is 5.54 Å². The summed E-state index contributed by atoms with van der Waals surface area (Å²) in [5.74, 6) is 4.66. The standard InChI is InChI=1S/C55H41N4O/c1-2-15-35(16-3-1)51-56-52(58-53(57-51)43-21-8-9-23-44(43)54-31-34-29-36-30-37(32-54)59(36,54)33-34)42-20-5-4-17-38(42)41-22-14-27-48-50(41)60-49-28-13-12-26-47(49)55(48)45-24-10-6-18-39(45)40-19-7-11-25-46(40)55/h1-28,34,36-37H,29-33H2/q+1/t34-,36?,37?,54?,59?/m0/s1. The molecule has 4 fully saturated rings. The third-order valence-electron chi connectivity index (χ3n) is 15.7. The molecule has 1 aromatic heterocycles. The average molecular weight is 774 g/mol. The molecule has 0 saturated carbocycles. The number of piperidine rings is 2. The van der Waals surface area contributed by atoms with Gasteiger partial charge in [-0.25, -0.2) is 15.0 Å². The molecule has 6 aliphatic rings. The number of hydrogen-bond acceptors (Lipinski definition) is 4. The Balaban J connectivity index is 0.983. The molecule has 2 bridgehead atoms. The minimum atomic E-state index is -0.552. The number of rotatable bonds is 5. The predicted molar refractivity (Wildman–Crippen MR) is 235 cm³/mol. The zero-order valence-corrected chi connectivity index (χ0v) is 33.1. The van der Waals surface area contributed by atoms with Crippen molar-refractivity contribution in [1.29, 1.82) is 0 Å². The molecule has 4 unspecified atom stereocenters. The molecule has 4 saturated heterocycles. The van der Waals surface area contributed by atoms with Crippen molar-refractivity contribution in [1.82, 2.24) is 15.0 Å². The summed E-state index contributed by atoms with van der Waals surface area (Å²) in [7, 11) is 0. The fourth-order valence-electron chi connectivity index (χ4n) is 13.6. The Morgan fingerprint density at radius 1 is 0.433 bits per heavy atom. The lowest BCUT2D eigenvalue weighted by molar-refractivity contribution is -1.09. The van der Waals surface area contributed by atoms with Gasteiger partial charge in [0.15, 0.2) is 17.5 Å². The third-order valence-corrected chi connectivity index (χ3v) is 15.7. The van der Waals surface area contributed by atoms with Crippen molar-refractivity contribution in [3.63, 3.8) is 0 Å². The van der Waals surface area contributed by atoms with Crippen LogP contribution in [0.5, 0.6) is 11.5 Å². The Hall–Kier alpha value is -6.69. The van der Waals surface area contributed by atoms with Crippen LogP contribution in [-0.2, 0) is 11.0 Å². The van der Waals surface area contributed by atoms with Crippen LogP contribution in [0.1, 0.15) is 53.5 Å². The van der Waals surface area contributed by atoms with Gasteiger partial charge in [-0.1, -0.05) is 164 Å². The monoisotopic (exact) mass is 773 g/mol. The van der Waals surface area contributed by atoms with Crippen LogP contribution in [0.2, 0.25) is 0 Å². The molecule has 7 aromatic carbocycles. The van der Waals surface area contributed by atoms with Gasteiger partial charge in [-0.15, -0.1) is 0 Å². The molecule has 14 rings (SSSR count). The lowest BCUT2D eigenvalue weighted by Gasteiger charge is -2.73. The maximum Gasteiger partial charge on any atom is 0.164 e. The van der Waals surface area contributed by atoms with Crippen molar-refractivity contribution in [2.75, 3.05) is 6.54 Å². The fourth-order valence-corrected chi connectivity index (χ4v) is 13.6. The summed E-state index contributed by atoms with van der Waals surface area (Å²) in [4.78, 5) is 16.2. The number of benzene rings is 7. The van der Waals surface area contributed by atoms with Gasteiger partial charge in [0, 0.05) is 57.7 Å². The highest BCUT2D eigenvalue weighted by molar-refractivity contribution is 5.92. The topological polar surface area (TPSA) is 47.9 Å². The zero-order valence-electron chi connectivity index (χ0n) is 33.1. The van der Waals surface area contributed by atoms with Crippen molar-refractivity contribution in [2.45, 2.75) is 48.7 Å². The largest absolute Gasteiger partial charge is 0.456 e. The zero-order chi connectivity index (χ0) is 39.2.